The average molecular weight is 431 g/mol. The summed E-state index contributed by atoms with van der Waals surface area (Å²) in [7, 11) is 0. The van der Waals surface area contributed by atoms with E-state index in [0.717, 1.165) is 6.42 Å². The van der Waals surface area contributed by atoms with Crippen LogP contribution in [0.4, 0.5) is 5.69 Å². The number of esters is 1. The number of nitrogens with one attached hydrogen (secondary N) is 2. The highest BCUT2D eigenvalue weighted by atomic mass is 32.1. The van der Waals surface area contributed by atoms with Gasteiger partial charge in [-0.2, -0.15) is 0 Å². The molecule has 7 nitrogen and oxygen atoms in total. The Hall–Kier alpha value is -3.13. The first-order valence-corrected chi connectivity index (χ1v) is 10.2. The molecule has 0 aromatic heterocycles. The van der Waals surface area contributed by atoms with Crippen LogP contribution in [0.2, 0.25) is 0 Å². The number of hydrogen-bond acceptors (Lipinski definition) is 6. The molecule has 0 atom stereocenters. The zero-order valence-electron chi connectivity index (χ0n) is 17.3. The summed E-state index contributed by atoms with van der Waals surface area (Å²) in [6.07, 6.45) is 0.763. The van der Waals surface area contributed by atoms with E-state index in [2.05, 4.69) is 10.6 Å². The van der Waals surface area contributed by atoms with Crippen LogP contribution in [0.1, 0.15) is 47.9 Å². The minimum absolute atomic E-state index is 0.126. The van der Waals surface area contributed by atoms with Crippen molar-refractivity contribution in [3.63, 3.8) is 0 Å². The lowest BCUT2D eigenvalue weighted by atomic mass is 10.2. The minimum Gasteiger partial charge on any atom is -0.494 e. The molecule has 8 heteroatoms. The minimum atomic E-state index is -0.394. The van der Waals surface area contributed by atoms with E-state index in [1.165, 1.54) is 0 Å². The third-order valence-corrected chi connectivity index (χ3v) is 4.01. The zero-order valence-corrected chi connectivity index (χ0v) is 18.1. The Morgan fingerprint density at radius 2 is 1.50 bits per heavy atom. The van der Waals surface area contributed by atoms with E-state index in [1.807, 2.05) is 20.8 Å². The monoisotopic (exact) mass is 430 g/mol. The highest BCUT2D eigenvalue weighted by Gasteiger charge is 2.13. The lowest BCUT2D eigenvalue weighted by molar-refractivity contribution is 0.0505. The van der Waals surface area contributed by atoms with Crippen LogP contribution in [-0.2, 0) is 4.74 Å². The Balaban J connectivity index is 2.00. The molecule has 0 aliphatic rings. The largest absolute Gasteiger partial charge is 0.494 e. The number of hydrogen-bond donors (Lipinski definition) is 2. The molecule has 160 valence electrons. The molecule has 0 bridgehead atoms. The maximum Gasteiger partial charge on any atom is 0.338 e. The molecule has 2 N–H and O–H groups in total. The second kappa shape index (κ2) is 11.8. The van der Waals surface area contributed by atoms with Crippen molar-refractivity contribution in [3.05, 3.63) is 53.6 Å². The lowest BCUT2D eigenvalue weighted by Gasteiger charge is -2.12. The van der Waals surface area contributed by atoms with E-state index in [9.17, 15) is 9.59 Å². The van der Waals surface area contributed by atoms with Crippen molar-refractivity contribution in [2.45, 2.75) is 27.2 Å². The predicted molar refractivity (Wildman–Crippen MR) is 119 cm³/mol. The standard InChI is InChI=1S/C22H26N2O5S/c1-4-11-29-21(26)15-7-9-17(10-8-15)23-22(30)24-20(25)16-12-18(27-5-2)14-19(13-16)28-6-3/h7-10,12-14H,4-6,11H2,1-3H3,(H2,23,24,25,30). The summed E-state index contributed by atoms with van der Waals surface area (Å²) < 4.78 is 16.1. The summed E-state index contributed by atoms with van der Waals surface area (Å²) in [6.45, 7) is 6.98. The maximum atomic E-state index is 12.6. The molecular weight excluding hydrogens is 404 g/mol. The van der Waals surface area contributed by atoms with Gasteiger partial charge in [-0.05, 0) is 68.9 Å². The molecule has 0 unspecified atom stereocenters. The van der Waals surface area contributed by atoms with Gasteiger partial charge in [0.25, 0.3) is 5.91 Å². The van der Waals surface area contributed by atoms with Crippen molar-refractivity contribution in [2.75, 3.05) is 25.1 Å². The second-order valence-corrected chi connectivity index (χ2v) is 6.59. The van der Waals surface area contributed by atoms with Gasteiger partial charge in [0, 0.05) is 17.3 Å². The summed E-state index contributed by atoms with van der Waals surface area (Å²) in [4.78, 5) is 24.4. The van der Waals surface area contributed by atoms with Gasteiger partial charge in [0.15, 0.2) is 5.11 Å². The smallest absolute Gasteiger partial charge is 0.338 e. The highest BCUT2D eigenvalue weighted by Crippen LogP contribution is 2.23. The number of anilines is 1. The van der Waals surface area contributed by atoms with Gasteiger partial charge in [-0.3, -0.25) is 10.1 Å². The fourth-order valence-electron chi connectivity index (χ4n) is 2.51. The van der Waals surface area contributed by atoms with Gasteiger partial charge in [-0.15, -0.1) is 0 Å². The van der Waals surface area contributed by atoms with Crippen LogP contribution < -0.4 is 20.1 Å². The first kappa shape index (κ1) is 23.2. The molecule has 2 rings (SSSR count). The number of carbonyl (C=O) groups is 2. The number of thiocarbonyl (C=S) groups is 1. The van der Waals surface area contributed by atoms with Crippen molar-refractivity contribution in [3.8, 4) is 11.5 Å². The Bertz CT molecular complexity index is 859. The van der Waals surface area contributed by atoms with E-state index in [1.54, 1.807) is 42.5 Å². The Labute approximate surface area is 181 Å². The average Bonchev–Trinajstić information content (AvgIpc) is 2.72. The van der Waals surface area contributed by atoms with Gasteiger partial charge in [-0.25, -0.2) is 4.79 Å². The summed E-state index contributed by atoms with van der Waals surface area (Å²) in [5, 5.41) is 5.67. The molecule has 30 heavy (non-hydrogen) atoms. The Morgan fingerprint density at radius 1 is 0.900 bits per heavy atom. The van der Waals surface area contributed by atoms with Crippen LogP contribution in [0.15, 0.2) is 42.5 Å². The van der Waals surface area contributed by atoms with E-state index < -0.39 is 5.91 Å². The van der Waals surface area contributed by atoms with Crippen molar-refractivity contribution in [1.29, 1.82) is 0 Å². The molecule has 2 aromatic rings. The van der Waals surface area contributed by atoms with Crippen LogP contribution in [0.25, 0.3) is 0 Å². The van der Waals surface area contributed by atoms with Crippen molar-refractivity contribution in [2.24, 2.45) is 0 Å². The first-order chi connectivity index (χ1) is 14.5. The van der Waals surface area contributed by atoms with Crippen LogP contribution in [0.3, 0.4) is 0 Å². The van der Waals surface area contributed by atoms with E-state index in [0.29, 0.717) is 48.1 Å². The van der Waals surface area contributed by atoms with E-state index >= 15 is 0 Å². The molecule has 0 heterocycles. The van der Waals surface area contributed by atoms with Crippen molar-refractivity contribution >= 4 is 34.9 Å². The predicted octanol–water partition coefficient (Wildman–Crippen LogP) is 4.18. The quantitative estimate of drug-likeness (QED) is 0.456. The van der Waals surface area contributed by atoms with Gasteiger partial charge < -0.3 is 19.5 Å². The fraction of sp³-hybridized carbons (Fsp3) is 0.318. The van der Waals surface area contributed by atoms with Crippen LogP contribution in [-0.4, -0.2) is 36.8 Å². The molecule has 0 radical (unpaired) electrons. The normalized spacial score (nSPS) is 10.1. The van der Waals surface area contributed by atoms with Gasteiger partial charge in [-0.1, -0.05) is 6.92 Å². The third-order valence-electron chi connectivity index (χ3n) is 3.81. The molecule has 0 aliphatic heterocycles. The van der Waals surface area contributed by atoms with Crippen LogP contribution in [0.5, 0.6) is 11.5 Å². The van der Waals surface area contributed by atoms with Crippen LogP contribution in [0, 0.1) is 0 Å². The third kappa shape index (κ3) is 7.04. The number of rotatable bonds is 9. The number of ether oxygens (including phenoxy) is 3. The molecular formula is C22H26N2O5S. The van der Waals surface area contributed by atoms with Gasteiger partial charge in [0.05, 0.1) is 25.4 Å². The van der Waals surface area contributed by atoms with Crippen molar-refractivity contribution < 1.29 is 23.8 Å². The van der Waals surface area contributed by atoms with Gasteiger partial charge in [0.1, 0.15) is 11.5 Å². The SMILES string of the molecule is CCCOC(=O)c1ccc(NC(=S)NC(=O)c2cc(OCC)cc(OCC)c2)cc1. The van der Waals surface area contributed by atoms with Crippen molar-refractivity contribution in [1.82, 2.24) is 5.32 Å². The molecule has 0 aliphatic carbocycles. The molecule has 0 saturated heterocycles. The second-order valence-electron chi connectivity index (χ2n) is 6.18. The number of carbonyl (C=O) groups excluding carboxylic acids is 2. The molecule has 1 amide bonds. The van der Waals surface area contributed by atoms with E-state index in [4.69, 9.17) is 26.4 Å². The summed E-state index contributed by atoms with van der Waals surface area (Å²) in [5.41, 5.74) is 1.44. The molecule has 2 aromatic carbocycles. The fourth-order valence-corrected chi connectivity index (χ4v) is 2.72. The highest BCUT2D eigenvalue weighted by molar-refractivity contribution is 7.80. The van der Waals surface area contributed by atoms with E-state index in [-0.39, 0.29) is 11.1 Å². The Morgan fingerprint density at radius 3 is 2.03 bits per heavy atom. The zero-order chi connectivity index (χ0) is 21.9. The van der Waals surface area contributed by atoms with Gasteiger partial charge in [0.2, 0.25) is 0 Å². The molecule has 0 fully saturated rings. The first-order valence-electron chi connectivity index (χ1n) is 9.77. The topological polar surface area (TPSA) is 85.9 Å². The Kier molecular flexibility index (Phi) is 9.08. The summed E-state index contributed by atoms with van der Waals surface area (Å²) in [6, 6.07) is 11.6. The molecule has 0 spiro atoms. The summed E-state index contributed by atoms with van der Waals surface area (Å²) in [5.74, 6) is 0.310. The number of benzene rings is 2. The molecule has 0 saturated carbocycles. The van der Waals surface area contributed by atoms with Gasteiger partial charge >= 0.3 is 5.97 Å². The van der Waals surface area contributed by atoms with Crippen LogP contribution >= 0.6 is 12.2 Å². The number of amides is 1. The maximum absolute atomic E-state index is 12.6. The summed E-state index contributed by atoms with van der Waals surface area (Å²) >= 11 is 5.22. The lowest BCUT2D eigenvalue weighted by Crippen LogP contribution is -2.34.